The molecule has 0 spiro atoms. The molecule has 4 heterocycles. The number of fused-ring (bicyclic) bond motifs is 3. The topological polar surface area (TPSA) is 33.1 Å². The number of nitrogens with one attached hydrogen (secondary N) is 1. The van der Waals surface area contributed by atoms with E-state index in [2.05, 4.69) is 39.6 Å². The molecule has 1 aromatic carbocycles. The van der Waals surface area contributed by atoms with E-state index in [9.17, 15) is 0 Å². The Labute approximate surface area is 125 Å². The standard InChI is InChI=1S/C17H22N4/c1-2-5-16(15(4-1)12-21-9-3-8-18-21)19-17-13-20-10-6-14(17)7-11-20/h1-5,8-9,14,17,19H,6-7,10-13H2. The van der Waals surface area contributed by atoms with Crippen molar-refractivity contribution in [1.82, 2.24) is 14.7 Å². The highest BCUT2D eigenvalue weighted by Crippen LogP contribution is 2.30. The van der Waals surface area contributed by atoms with Crippen LogP contribution in [-0.4, -0.2) is 40.4 Å². The molecule has 110 valence electrons. The molecule has 4 nitrogen and oxygen atoms in total. The van der Waals surface area contributed by atoms with Crippen molar-refractivity contribution in [2.45, 2.75) is 25.4 Å². The van der Waals surface area contributed by atoms with Crippen LogP contribution in [0.15, 0.2) is 42.7 Å². The minimum Gasteiger partial charge on any atom is -0.380 e. The lowest BCUT2D eigenvalue weighted by Crippen LogP contribution is -2.53. The Hall–Kier alpha value is -1.81. The zero-order valence-electron chi connectivity index (χ0n) is 12.3. The molecule has 3 fully saturated rings. The molecule has 2 bridgehead atoms. The molecule has 0 radical (unpaired) electrons. The van der Waals surface area contributed by atoms with Gasteiger partial charge >= 0.3 is 0 Å². The van der Waals surface area contributed by atoms with E-state index >= 15 is 0 Å². The van der Waals surface area contributed by atoms with Gasteiger partial charge in [-0.15, -0.1) is 0 Å². The molecular formula is C17H22N4. The number of para-hydroxylation sites is 1. The third kappa shape index (κ3) is 2.68. The fraction of sp³-hybridized carbons (Fsp3) is 0.471. The van der Waals surface area contributed by atoms with Gasteiger partial charge in [-0.2, -0.15) is 5.10 Å². The number of hydrogen-bond donors (Lipinski definition) is 1. The van der Waals surface area contributed by atoms with Crippen molar-refractivity contribution < 1.29 is 0 Å². The Morgan fingerprint density at radius 1 is 1.14 bits per heavy atom. The molecule has 1 atom stereocenters. The fourth-order valence-corrected chi connectivity index (χ4v) is 3.70. The van der Waals surface area contributed by atoms with Gasteiger partial charge < -0.3 is 10.2 Å². The summed E-state index contributed by atoms with van der Waals surface area (Å²) in [7, 11) is 0. The second kappa shape index (κ2) is 5.53. The van der Waals surface area contributed by atoms with Gasteiger partial charge in [-0.3, -0.25) is 4.68 Å². The van der Waals surface area contributed by atoms with Crippen molar-refractivity contribution in [2.24, 2.45) is 5.92 Å². The molecular weight excluding hydrogens is 260 g/mol. The number of piperidine rings is 3. The molecule has 21 heavy (non-hydrogen) atoms. The van der Waals surface area contributed by atoms with E-state index in [4.69, 9.17) is 0 Å². The summed E-state index contributed by atoms with van der Waals surface area (Å²) in [5.41, 5.74) is 2.59. The predicted molar refractivity (Wildman–Crippen MR) is 84.3 cm³/mol. The number of rotatable bonds is 4. The first-order valence-electron chi connectivity index (χ1n) is 7.93. The Bertz CT molecular complexity index is 585. The van der Waals surface area contributed by atoms with Crippen LogP contribution in [0.2, 0.25) is 0 Å². The number of anilines is 1. The molecule has 4 heteroatoms. The summed E-state index contributed by atoms with van der Waals surface area (Å²) in [6.07, 6.45) is 6.55. The molecule has 0 saturated carbocycles. The van der Waals surface area contributed by atoms with Crippen LogP contribution >= 0.6 is 0 Å². The Balaban J connectivity index is 1.52. The highest BCUT2D eigenvalue weighted by atomic mass is 15.3. The van der Waals surface area contributed by atoms with Crippen LogP contribution in [0.1, 0.15) is 18.4 Å². The van der Waals surface area contributed by atoms with Gasteiger partial charge in [0.05, 0.1) is 6.54 Å². The minimum atomic E-state index is 0.603. The molecule has 0 amide bonds. The lowest BCUT2D eigenvalue weighted by atomic mass is 9.84. The zero-order chi connectivity index (χ0) is 14.1. The molecule has 5 rings (SSSR count). The highest BCUT2D eigenvalue weighted by molar-refractivity contribution is 5.52. The number of nitrogens with zero attached hydrogens (tertiary/aromatic N) is 3. The van der Waals surface area contributed by atoms with Gasteiger partial charge in [0.15, 0.2) is 0 Å². The first kappa shape index (κ1) is 12.9. The van der Waals surface area contributed by atoms with Gasteiger partial charge in [-0.05, 0) is 49.5 Å². The summed E-state index contributed by atoms with van der Waals surface area (Å²) >= 11 is 0. The summed E-state index contributed by atoms with van der Waals surface area (Å²) in [6.45, 7) is 4.60. The average molecular weight is 282 g/mol. The minimum absolute atomic E-state index is 0.603. The van der Waals surface area contributed by atoms with Crippen molar-refractivity contribution in [3.8, 4) is 0 Å². The zero-order valence-corrected chi connectivity index (χ0v) is 12.3. The first-order chi connectivity index (χ1) is 10.4. The van der Waals surface area contributed by atoms with Crippen molar-refractivity contribution in [3.05, 3.63) is 48.3 Å². The van der Waals surface area contributed by atoms with E-state index < -0.39 is 0 Å². The van der Waals surface area contributed by atoms with E-state index in [1.807, 2.05) is 23.1 Å². The van der Waals surface area contributed by atoms with Crippen LogP contribution < -0.4 is 5.32 Å². The quantitative estimate of drug-likeness (QED) is 0.935. The van der Waals surface area contributed by atoms with Crippen molar-refractivity contribution in [3.63, 3.8) is 0 Å². The second-order valence-electron chi connectivity index (χ2n) is 6.25. The molecule has 3 aliphatic heterocycles. The fourth-order valence-electron chi connectivity index (χ4n) is 3.70. The third-order valence-corrected chi connectivity index (χ3v) is 4.91. The Morgan fingerprint density at radius 3 is 2.71 bits per heavy atom. The van der Waals surface area contributed by atoms with Gasteiger partial charge in [0.1, 0.15) is 0 Å². The van der Waals surface area contributed by atoms with Gasteiger partial charge in [0.25, 0.3) is 0 Å². The number of aromatic nitrogens is 2. The summed E-state index contributed by atoms with van der Waals surface area (Å²) < 4.78 is 1.98. The largest absolute Gasteiger partial charge is 0.380 e. The van der Waals surface area contributed by atoms with Gasteiger partial charge in [-0.25, -0.2) is 0 Å². The molecule has 1 aromatic heterocycles. The predicted octanol–water partition coefficient (Wildman–Crippen LogP) is 2.44. The van der Waals surface area contributed by atoms with Crippen LogP contribution in [0, 0.1) is 5.92 Å². The van der Waals surface area contributed by atoms with E-state index in [0.717, 1.165) is 12.5 Å². The van der Waals surface area contributed by atoms with E-state index in [0.29, 0.717) is 6.04 Å². The SMILES string of the molecule is c1ccc(NC2CN3CCC2CC3)c(Cn2cccn2)c1. The number of benzene rings is 1. The van der Waals surface area contributed by atoms with E-state index in [1.54, 1.807) is 0 Å². The van der Waals surface area contributed by atoms with Crippen LogP contribution in [0.3, 0.4) is 0 Å². The highest BCUT2D eigenvalue weighted by Gasteiger charge is 2.34. The molecule has 0 aliphatic carbocycles. The smallest absolute Gasteiger partial charge is 0.0679 e. The van der Waals surface area contributed by atoms with E-state index in [-0.39, 0.29) is 0 Å². The first-order valence-corrected chi connectivity index (χ1v) is 7.93. The molecule has 1 unspecified atom stereocenters. The van der Waals surface area contributed by atoms with Gasteiger partial charge in [-0.1, -0.05) is 18.2 Å². The third-order valence-electron chi connectivity index (χ3n) is 4.91. The summed E-state index contributed by atoms with van der Waals surface area (Å²) in [5.74, 6) is 0.841. The number of hydrogen-bond acceptors (Lipinski definition) is 3. The van der Waals surface area contributed by atoms with Crippen molar-refractivity contribution >= 4 is 5.69 Å². The lowest BCUT2D eigenvalue weighted by Gasteiger charge is -2.45. The Kier molecular flexibility index (Phi) is 3.39. The molecule has 2 aromatic rings. The van der Waals surface area contributed by atoms with Crippen molar-refractivity contribution in [1.29, 1.82) is 0 Å². The molecule has 1 N–H and O–H groups in total. The maximum atomic E-state index is 4.32. The van der Waals surface area contributed by atoms with Crippen LogP contribution in [0.5, 0.6) is 0 Å². The molecule has 3 aliphatic rings. The van der Waals surface area contributed by atoms with Gasteiger partial charge in [0.2, 0.25) is 0 Å². The maximum Gasteiger partial charge on any atom is 0.0679 e. The Morgan fingerprint density at radius 2 is 2.00 bits per heavy atom. The summed E-state index contributed by atoms with van der Waals surface area (Å²) in [4.78, 5) is 2.59. The normalized spacial score (nSPS) is 27.7. The van der Waals surface area contributed by atoms with Crippen LogP contribution in [-0.2, 0) is 6.54 Å². The van der Waals surface area contributed by atoms with E-state index in [1.165, 1.54) is 43.7 Å². The summed E-state index contributed by atoms with van der Waals surface area (Å²) in [5, 5.41) is 8.13. The van der Waals surface area contributed by atoms with Gasteiger partial charge in [0, 0.05) is 30.7 Å². The monoisotopic (exact) mass is 282 g/mol. The van der Waals surface area contributed by atoms with Crippen molar-refractivity contribution in [2.75, 3.05) is 25.0 Å². The molecule has 3 saturated heterocycles. The maximum absolute atomic E-state index is 4.32. The van der Waals surface area contributed by atoms with Crippen LogP contribution in [0.4, 0.5) is 5.69 Å². The van der Waals surface area contributed by atoms with Crippen LogP contribution in [0.25, 0.3) is 0 Å². The summed E-state index contributed by atoms with van der Waals surface area (Å²) in [6, 6.07) is 11.2. The average Bonchev–Trinajstić information content (AvgIpc) is 3.04. The lowest BCUT2D eigenvalue weighted by molar-refractivity contribution is 0.0975. The second-order valence-corrected chi connectivity index (χ2v) is 6.25.